The fourth-order valence-electron chi connectivity index (χ4n) is 2.61. The van der Waals surface area contributed by atoms with E-state index in [1.165, 1.54) is 0 Å². The molecule has 1 atom stereocenters. The van der Waals surface area contributed by atoms with E-state index in [-0.39, 0.29) is 0 Å². The van der Waals surface area contributed by atoms with Crippen molar-refractivity contribution < 1.29 is 4.79 Å². The third kappa shape index (κ3) is 1.59. The summed E-state index contributed by atoms with van der Waals surface area (Å²) in [5.41, 5.74) is 0. The number of fused-ring (bicyclic) bond motifs is 1. The Kier molecular flexibility index (Phi) is 2.09. The van der Waals surface area contributed by atoms with Crippen molar-refractivity contribution >= 4 is 5.78 Å². The first-order valence-electron chi connectivity index (χ1n) is 5.59. The maximum Gasteiger partial charge on any atom is 0.134 e. The number of carbonyl (C=O) groups excluding carboxylic acids is 1. The minimum Gasteiger partial charge on any atom is -0.333 e. The van der Waals surface area contributed by atoms with E-state index in [1.807, 2.05) is 12.4 Å². The van der Waals surface area contributed by atoms with E-state index < -0.39 is 0 Å². The highest BCUT2D eigenvalue weighted by atomic mass is 16.1. The standard InChI is InChI=1S/C11H15N3O/c15-10-2-1-9(7-10)14-6-5-13-4-3-12-11(13)8-14/h3-4,9H,1-2,5-8H2. The highest BCUT2D eigenvalue weighted by Gasteiger charge is 2.29. The number of imidazole rings is 1. The van der Waals surface area contributed by atoms with E-state index in [1.54, 1.807) is 0 Å². The van der Waals surface area contributed by atoms with Gasteiger partial charge in [-0.05, 0) is 6.42 Å². The molecule has 15 heavy (non-hydrogen) atoms. The Balaban J connectivity index is 1.73. The topological polar surface area (TPSA) is 38.1 Å². The van der Waals surface area contributed by atoms with Gasteiger partial charge in [-0.2, -0.15) is 0 Å². The van der Waals surface area contributed by atoms with Crippen LogP contribution in [0.1, 0.15) is 25.1 Å². The molecule has 4 heteroatoms. The van der Waals surface area contributed by atoms with Gasteiger partial charge >= 0.3 is 0 Å². The Morgan fingerprint density at radius 3 is 3.13 bits per heavy atom. The Labute approximate surface area is 88.9 Å². The van der Waals surface area contributed by atoms with Crippen LogP contribution in [-0.4, -0.2) is 32.8 Å². The Morgan fingerprint density at radius 2 is 2.33 bits per heavy atom. The molecule has 1 fully saturated rings. The van der Waals surface area contributed by atoms with Crippen LogP contribution in [0.4, 0.5) is 0 Å². The van der Waals surface area contributed by atoms with Crippen LogP contribution in [0.2, 0.25) is 0 Å². The SMILES string of the molecule is O=C1CCC(N2CCn3ccnc3C2)C1. The fourth-order valence-corrected chi connectivity index (χ4v) is 2.61. The molecule has 4 nitrogen and oxygen atoms in total. The van der Waals surface area contributed by atoms with Crippen molar-refractivity contribution in [1.82, 2.24) is 14.5 Å². The molecule has 1 aromatic rings. The zero-order valence-electron chi connectivity index (χ0n) is 8.72. The molecule has 1 aromatic heterocycles. The predicted octanol–water partition coefficient (Wildman–Crippen LogP) is 0.820. The summed E-state index contributed by atoms with van der Waals surface area (Å²) in [5.74, 6) is 1.56. The van der Waals surface area contributed by atoms with Crippen molar-refractivity contribution in [2.24, 2.45) is 0 Å². The maximum absolute atomic E-state index is 11.2. The van der Waals surface area contributed by atoms with Gasteiger partial charge in [0.1, 0.15) is 11.6 Å². The second-order valence-electron chi connectivity index (χ2n) is 4.44. The van der Waals surface area contributed by atoms with E-state index >= 15 is 0 Å². The van der Waals surface area contributed by atoms with Gasteiger partial charge in [-0.15, -0.1) is 0 Å². The molecule has 2 aliphatic rings. The van der Waals surface area contributed by atoms with Crippen molar-refractivity contribution in [3.05, 3.63) is 18.2 Å². The van der Waals surface area contributed by atoms with Crippen LogP contribution in [0.15, 0.2) is 12.4 Å². The summed E-state index contributed by atoms with van der Waals surface area (Å²) >= 11 is 0. The molecule has 2 heterocycles. The first kappa shape index (κ1) is 9.09. The molecule has 80 valence electrons. The minimum absolute atomic E-state index is 0.425. The number of hydrogen-bond donors (Lipinski definition) is 0. The van der Waals surface area contributed by atoms with Gasteiger partial charge in [0.25, 0.3) is 0 Å². The van der Waals surface area contributed by atoms with Gasteiger partial charge in [0.2, 0.25) is 0 Å². The second kappa shape index (κ2) is 3.45. The van der Waals surface area contributed by atoms with Crippen LogP contribution in [0, 0.1) is 0 Å². The van der Waals surface area contributed by atoms with Gasteiger partial charge in [0.15, 0.2) is 0 Å². The van der Waals surface area contributed by atoms with Gasteiger partial charge in [0.05, 0.1) is 6.54 Å². The molecule has 1 saturated carbocycles. The molecule has 0 aromatic carbocycles. The van der Waals surface area contributed by atoms with Crippen molar-refractivity contribution in [3.63, 3.8) is 0 Å². The first-order chi connectivity index (χ1) is 7.33. The lowest BCUT2D eigenvalue weighted by Crippen LogP contribution is -2.40. The summed E-state index contributed by atoms with van der Waals surface area (Å²) in [5, 5.41) is 0. The molecule has 1 aliphatic heterocycles. The molecule has 3 rings (SSSR count). The molecule has 0 N–H and O–H groups in total. The number of nitrogens with zero attached hydrogens (tertiary/aromatic N) is 3. The van der Waals surface area contributed by atoms with Crippen LogP contribution < -0.4 is 0 Å². The predicted molar refractivity (Wildman–Crippen MR) is 55.3 cm³/mol. The van der Waals surface area contributed by atoms with E-state index in [9.17, 15) is 4.79 Å². The van der Waals surface area contributed by atoms with Crippen LogP contribution >= 0.6 is 0 Å². The molecular formula is C11H15N3O. The van der Waals surface area contributed by atoms with Gasteiger partial charge in [-0.25, -0.2) is 4.98 Å². The van der Waals surface area contributed by atoms with Crippen LogP contribution in [0.25, 0.3) is 0 Å². The monoisotopic (exact) mass is 205 g/mol. The third-order valence-electron chi connectivity index (χ3n) is 3.51. The van der Waals surface area contributed by atoms with Crippen LogP contribution in [0.3, 0.4) is 0 Å². The maximum atomic E-state index is 11.2. The first-order valence-corrected chi connectivity index (χ1v) is 5.59. The molecule has 0 amide bonds. The summed E-state index contributed by atoms with van der Waals surface area (Å²) in [7, 11) is 0. The average Bonchev–Trinajstić information content (AvgIpc) is 2.84. The lowest BCUT2D eigenvalue weighted by molar-refractivity contribution is -0.117. The molecule has 0 bridgehead atoms. The van der Waals surface area contributed by atoms with Crippen molar-refractivity contribution in [3.8, 4) is 0 Å². The Morgan fingerprint density at radius 1 is 1.40 bits per heavy atom. The van der Waals surface area contributed by atoms with Gasteiger partial charge in [0, 0.05) is 44.4 Å². The molecule has 0 spiro atoms. The molecule has 0 radical (unpaired) electrons. The Hall–Kier alpha value is -1.16. The van der Waals surface area contributed by atoms with E-state index in [2.05, 4.69) is 14.5 Å². The highest BCUT2D eigenvalue weighted by Crippen LogP contribution is 2.24. The molecule has 1 unspecified atom stereocenters. The van der Waals surface area contributed by atoms with Crippen molar-refractivity contribution in [2.75, 3.05) is 6.54 Å². The largest absolute Gasteiger partial charge is 0.333 e. The van der Waals surface area contributed by atoms with Crippen LogP contribution in [0.5, 0.6) is 0 Å². The number of carbonyl (C=O) groups is 1. The summed E-state index contributed by atoms with van der Waals surface area (Å²) in [6.07, 6.45) is 6.46. The lowest BCUT2D eigenvalue weighted by Gasteiger charge is -2.32. The average molecular weight is 205 g/mol. The van der Waals surface area contributed by atoms with Crippen molar-refractivity contribution in [2.45, 2.75) is 38.4 Å². The number of rotatable bonds is 1. The summed E-state index contributed by atoms with van der Waals surface area (Å²) in [4.78, 5) is 18.0. The van der Waals surface area contributed by atoms with Crippen LogP contribution in [-0.2, 0) is 17.9 Å². The van der Waals surface area contributed by atoms with Gasteiger partial charge < -0.3 is 4.57 Å². The minimum atomic E-state index is 0.425. The zero-order valence-corrected chi connectivity index (χ0v) is 8.72. The van der Waals surface area contributed by atoms with E-state index in [4.69, 9.17) is 0 Å². The summed E-state index contributed by atoms with van der Waals surface area (Å²) < 4.78 is 2.20. The molecule has 0 saturated heterocycles. The number of ketones is 1. The smallest absolute Gasteiger partial charge is 0.134 e. The van der Waals surface area contributed by atoms with Gasteiger partial charge in [-0.3, -0.25) is 9.69 Å². The number of hydrogen-bond acceptors (Lipinski definition) is 3. The van der Waals surface area contributed by atoms with E-state index in [0.717, 1.165) is 44.7 Å². The summed E-state index contributed by atoms with van der Waals surface area (Å²) in [6.45, 7) is 2.98. The Bertz CT molecular complexity index is 385. The number of aromatic nitrogens is 2. The third-order valence-corrected chi connectivity index (χ3v) is 3.51. The normalized spacial score (nSPS) is 26.9. The quantitative estimate of drug-likeness (QED) is 0.681. The number of Topliss-reactive ketones (excluding diaryl/α,β-unsaturated/α-hetero) is 1. The molecule has 1 aliphatic carbocycles. The highest BCUT2D eigenvalue weighted by molar-refractivity contribution is 5.81. The fraction of sp³-hybridized carbons (Fsp3) is 0.636. The lowest BCUT2D eigenvalue weighted by atomic mass is 10.2. The second-order valence-corrected chi connectivity index (χ2v) is 4.44. The van der Waals surface area contributed by atoms with Crippen molar-refractivity contribution in [1.29, 1.82) is 0 Å². The molecular weight excluding hydrogens is 190 g/mol. The zero-order chi connectivity index (χ0) is 10.3. The summed E-state index contributed by atoms with van der Waals surface area (Å²) in [6, 6.07) is 0.475. The van der Waals surface area contributed by atoms with E-state index in [0.29, 0.717) is 11.8 Å². The van der Waals surface area contributed by atoms with Gasteiger partial charge in [-0.1, -0.05) is 0 Å².